The number of aliphatic hydroxyl groups excluding tert-OH is 1. The molecule has 0 spiro atoms. The van der Waals surface area contributed by atoms with Crippen molar-refractivity contribution in [2.75, 3.05) is 13.2 Å². The second-order valence-electron chi connectivity index (χ2n) is 7.86. The van der Waals surface area contributed by atoms with Crippen molar-refractivity contribution in [3.05, 3.63) is 33.8 Å². The molecule has 3 rings (SSSR count). The lowest BCUT2D eigenvalue weighted by molar-refractivity contribution is -0.131. The molecule has 0 bridgehead atoms. The van der Waals surface area contributed by atoms with Gasteiger partial charge in [0.05, 0.1) is 18.8 Å². The second kappa shape index (κ2) is 10.6. The van der Waals surface area contributed by atoms with E-state index < -0.39 is 6.10 Å². The molecule has 29 heavy (non-hydrogen) atoms. The Morgan fingerprint density at radius 3 is 2.41 bits per heavy atom. The highest BCUT2D eigenvalue weighted by Crippen LogP contribution is 2.27. The third kappa shape index (κ3) is 6.32. The average Bonchev–Trinajstić information content (AvgIpc) is 3.23. The molecule has 2 aliphatic rings. The Bertz CT molecular complexity index is 704. The summed E-state index contributed by atoms with van der Waals surface area (Å²) >= 11 is 11.9. The van der Waals surface area contributed by atoms with Crippen molar-refractivity contribution in [2.24, 2.45) is 5.92 Å². The van der Waals surface area contributed by atoms with E-state index in [1.165, 1.54) is 0 Å². The maximum Gasteiger partial charge on any atom is 0.251 e. The van der Waals surface area contributed by atoms with Crippen molar-refractivity contribution in [1.82, 2.24) is 10.6 Å². The highest BCUT2D eigenvalue weighted by Gasteiger charge is 2.33. The van der Waals surface area contributed by atoms with Gasteiger partial charge in [0.2, 0.25) is 5.91 Å². The minimum atomic E-state index is -0.415. The zero-order valence-electron chi connectivity index (χ0n) is 16.3. The third-order valence-electron chi connectivity index (χ3n) is 5.73. The van der Waals surface area contributed by atoms with Gasteiger partial charge in [-0.05, 0) is 50.3 Å². The lowest BCUT2D eigenvalue weighted by atomic mass is 9.96. The molecular weight excluding hydrogens is 415 g/mol. The molecule has 2 amide bonds. The van der Waals surface area contributed by atoms with Crippen LogP contribution in [0.1, 0.15) is 55.3 Å². The van der Waals surface area contributed by atoms with E-state index in [4.69, 9.17) is 27.9 Å². The van der Waals surface area contributed by atoms with Crippen LogP contribution in [0.25, 0.3) is 0 Å². The van der Waals surface area contributed by atoms with Crippen molar-refractivity contribution < 1.29 is 19.4 Å². The van der Waals surface area contributed by atoms with Crippen LogP contribution < -0.4 is 10.6 Å². The normalized spacial score (nSPS) is 25.0. The van der Waals surface area contributed by atoms with E-state index in [-0.39, 0.29) is 36.5 Å². The van der Waals surface area contributed by atoms with Gasteiger partial charge >= 0.3 is 0 Å². The lowest BCUT2D eigenvalue weighted by Crippen LogP contribution is -2.52. The number of hydrogen-bond acceptors (Lipinski definition) is 4. The van der Waals surface area contributed by atoms with Crippen LogP contribution in [0.15, 0.2) is 18.2 Å². The Hall–Kier alpha value is -1.34. The van der Waals surface area contributed by atoms with Gasteiger partial charge in [-0.3, -0.25) is 9.59 Å². The van der Waals surface area contributed by atoms with Crippen molar-refractivity contribution in [3.63, 3.8) is 0 Å². The van der Waals surface area contributed by atoms with Crippen LogP contribution in [0, 0.1) is 5.92 Å². The number of carbonyl (C=O) groups excluding carboxylic acids is 2. The number of benzene rings is 1. The summed E-state index contributed by atoms with van der Waals surface area (Å²) < 4.78 is 5.98. The maximum absolute atomic E-state index is 12.4. The van der Waals surface area contributed by atoms with Gasteiger partial charge in [0.1, 0.15) is 6.10 Å². The Morgan fingerprint density at radius 1 is 1.07 bits per heavy atom. The summed E-state index contributed by atoms with van der Waals surface area (Å²) in [4.78, 5) is 24.6. The molecular formula is C21H28Cl2N2O4. The first-order valence-electron chi connectivity index (χ1n) is 10.3. The van der Waals surface area contributed by atoms with Crippen molar-refractivity contribution in [1.29, 1.82) is 0 Å². The first-order valence-corrected chi connectivity index (χ1v) is 11.0. The summed E-state index contributed by atoms with van der Waals surface area (Å²) in [6, 6.07) is 4.55. The minimum Gasteiger partial charge on any atom is -0.394 e. The van der Waals surface area contributed by atoms with Crippen LogP contribution in [0.5, 0.6) is 0 Å². The first kappa shape index (κ1) is 22.3. The number of halogens is 2. The predicted octanol–water partition coefficient (Wildman–Crippen LogP) is 3.33. The largest absolute Gasteiger partial charge is 0.394 e. The fourth-order valence-corrected chi connectivity index (χ4v) is 4.66. The Balaban J connectivity index is 1.43. The molecule has 160 valence electrons. The van der Waals surface area contributed by atoms with E-state index in [1.807, 2.05) is 0 Å². The van der Waals surface area contributed by atoms with Crippen LogP contribution in [0.2, 0.25) is 10.0 Å². The molecule has 1 aromatic rings. The highest BCUT2D eigenvalue weighted by atomic mass is 35.5. The minimum absolute atomic E-state index is 0.0740. The zero-order valence-corrected chi connectivity index (χ0v) is 17.8. The van der Waals surface area contributed by atoms with Crippen LogP contribution in [-0.4, -0.2) is 48.3 Å². The molecule has 0 aromatic heterocycles. The van der Waals surface area contributed by atoms with E-state index in [1.54, 1.807) is 18.2 Å². The van der Waals surface area contributed by atoms with Gasteiger partial charge in [-0.15, -0.1) is 0 Å². The molecule has 8 heteroatoms. The quantitative estimate of drug-likeness (QED) is 0.604. The molecule has 1 aliphatic carbocycles. The second-order valence-corrected chi connectivity index (χ2v) is 8.73. The van der Waals surface area contributed by atoms with Crippen LogP contribution in [0.3, 0.4) is 0 Å². The highest BCUT2D eigenvalue weighted by molar-refractivity contribution is 6.35. The third-order valence-corrected chi connectivity index (χ3v) is 6.16. The standard InChI is InChI=1S/C21H28Cl2N2O4/c22-15-9-14(10-16(23)11-15)20(27)24-8-7-17-5-6-18(19(12-26)29-17)25-21(28)13-3-1-2-4-13/h9-11,13,17-19,26H,1-8,12H2,(H,24,27)(H,25,28)/t17-,18-,19+/m0/s1. The molecule has 1 heterocycles. The number of amides is 2. The summed E-state index contributed by atoms with van der Waals surface area (Å²) in [7, 11) is 0. The van der Waals surface area contributed by atoms with Gasteiger partial charge in [0.15, 0.2) is 0 Å². The number of nitrogens with one attached hydrogen (secondary N) is 2. The number of ether oxygens (including phenoxy) is 1. The van der Waals surface area contributed by atoms with Gasteiger partial charge < -0.3 is 20.5 Å². The van der Waals surface area contributed by atoms with E-state index in [9.17, 15) is 14.7 Å². The predicted molar refractivity (Wildman–Crippen MR) is 112 cm³/mol. The Kier molecular flexibility index (Phi) is 8.18. The summed E-state index contributed by atoms with van der Waals surface area (Å²) in [5.74, 6) is -0.0617. The van der Waals surface area contributed by atoms with Gasteiger partial charge in [-0.2, -0.15) is 0 Å². The molecule has 2 fully saturated rings. The topological polar surface area (TPSA) is 87.7 Å². The summed E-state index contributed by atoms with van der Waals surface area (Å²) in [6.07, 6.45) is 5.77. The molecule has 1 aliphatic heterocycles. The van der Waals surface area contributed by atoms with Gasteiger partial charge in [-0.1, -0.05) is 36.0 Å². The first-order chi connectivity index (χ1) is 14.0. The smallest absolute Gasteiger partial charge is 0.251 e. The lowest BCUT2D eigenvalue weighted by Gasteiger charge is -2.36. The van der Waals surface area contributed by atoms with E-state index in [0.29, 0.717) is 28.6 Å². The Morgan fingerprint density at radius 2 is 1.76 bits per heavy atom. The SMILES string of the molecule is O=C(NCC[C@@H]1CC[C@H](NC(=O)C2CCCC2)[C@@H](CO)O1)c1cc(Cl)cc(Cl)c1. The number of carbonyl (C=O) groups is 2. The fourth-order valence-electron chi connectivity index (χ4n) is 4.13. The zero-order chi connectivity index (χ0) is 20.8. The number of hydrogen-bond donors (Lipinski definition) is 3. The number of aliphatic hydroxyl groups is 1. The molecule has 3 atom stereocenters. The summed E-state index contributed by atoms with van der Waals surface area (Å²) in [6.45, 7) is 0.296. The number of rotatable bonds is 7. The molecule has 1 aromatic carbocycles. The molecule has 1 saturated carbocycles. The molecule has 3 N–H and O–H groups in total. The maximum atomic E-state index is 12.4. The fraction of sp³-hybridized carbons (Fsp3) is 0.619. The van der Waals surface area contributed by atoms with E-state index in [2.05, 4.69) is 10.6 Å². The molecule has 1 saturated heterocycles. The van der Waals surface area contributed by atoms with Crippen molar-refractivity contribution in [3.8, 4) is 0 Å². The van der Waals surface area contributed by atoms with Gasteiger partial charge in [0.25, 0.3) is 5.91 Å². The average molecular weight is 443 g/mol. The van der Waals surface area contributed by atoms with Crippen LogP contribution in [0.4, 0.5) is 0 Å². The van der Waals surface area contributed by atoms with Gasteiger partial charge in [-0.25, -0.2) is 0 Å². The van der Waals surface area contributed by atoms with E-state index >= 15 is 0 Å². The summed E-state index contributed by atoms with van der Waals surface area (Å²) in [5.41, 5.74) is 0.412. The van der Waals surface area contributed by atoms with Crippen molar-refractivity contribution >= 4 is 35.0 Å². The molecule has 0 radical (unpaired) electrons. The summed E-state index contributed by atoms with van der Waals surface area (Å²) in [5, 5.41) is 16.4. The van der Waals surface area contributed by atoms with Gasteiger partial charge in [0, 0.05) is 28.1 Å². The molecule has 0 unspecified atom stereocenters. The van der Waals surface area contributed by atoms with Crippen LogP contribution in [-0.2, 0) is 9.53 Å². The van der Waals surface area contributed by atoms with Crippen molar-refractivity contribution in [2.45, 2.75) is 63.2 Å². The monoisotopic (exact) mass is 442 g/mol. The van der Waals surface area contributed by atoms with E-state index in [0.717, 1.165) is 38.5 Å². The Labute approximate surface area is 181 Å². The molecule has 6 nitrogen and oxygen atoms in total. The van der Waals surface area contributed by atoms with Crippen LogP contribution >= 0.6 is 23.2 Å².